The van der Waals surface area contributed by atoms with Gasteiger partial charge in [-0.25, -0.2) is 0 Å². The van der Waals surface area contributed by atoms with Gasteiger partial charge in [0.25, 0.3) is 0 Å². The summed E-state index contributed by atoms with van der Waals surface area (Å²) in [5.74, 6) is -2.42. The molecule has 20 atom stereocenters. The summed E-state index contributed by atoms with van der Waals surface area (Å²) < 4.78 is 44.5. The Labute approximate surface area is 329 Å². The van der Waals surface area contributed by atoms with E-state index in [0.717, 1.165) is 0 Å². The number of carbonyl (C=O) groups is 1. The van der Waals surface area contributed by atoms with Gasteiger partial charge in [-0.2, -0.15) is 0 Å². The number of morpholine rings is 1. The lowest BCUT2D eigenvalue weighted by Crippen LogP contribution is -2.65. The van der Waals surface area contributed by atoms with Crippen molar-refractivity contribution in [3.8, 4) is 0 Å². The number of carbonyl (C=O) groups excluding carboxylic acids is 1. The van der Waals surface area contributed by atoms with Crippen molar-refractivity contribution < 1.29 is 58.4 Å². The van der Waals surface area contributed by atoms with Crippen molar-refractivity contribution in [2.45, 2.75) is 191 Å². The normalized spacial score (nSPS) is 50.8. The van der Waals surface area contributed by atoms with Gasteiger partial charge in [-0.3, -0.25) is 9.69 Å². The summed E-state index contributed by atoms with van der Waals surface area (Å²) in [6.07, 6.45) is -5.95. The largest absolute Gasteiger partial charge is 0.459 e. The van der Waals surface area contributed by atoms with Gasteiger partial charge in [-0.1, -0.05) is 26.8 Å². The zero-order chi connectivity index (χ0) is 41.4. The fourth-order valence-electron chi connectivity index (χ4n) is 9.67. The number of nitrogens with zero attached hydrogens (tertiary/aromatic N) is 2. The Hall–Kier alpha value is -1.27. The van der Waals surface area contributed by atoms with Crippen molar-refractivity contribution in [3.05, 3.63) is 12.7 Å². The van der Waals surface area contributed by atoms with E-state index in [0.29, 0.717) is 25.9 Å². The van der Waals surface area contributed by atoms with Crippen LogP contribution >= 0.6 is 0 Å². The number of methoxy groups -OCH3 is 1. The van der Waals surface area contributed by atoms with Crippen molar-refractivity contribution >= 4 is 5.97 Å². The number of aliphatic hydroxyl groups excluding tert-OH is 2. The summed E-state index contributed by atoms with van der Waals surface area (Å²) >= 11 is 0. The summed E-state index contributed by atoms with van der Waals surface area (Å²) in [4.78, 5) is 18.6. The minimum Gasteiger partial charge on any atom is -0.459 e. The van der Waals surface area contributed by atoms with Crippen LogP contribution in [0.5, 0.6) is 0 Å². The molecule has 4 N–H and O–H groups in total. The molecule has 0 spiro atoms. The average Bonchev–Trinajstić information content (AvgIpc) is 3.10. The number of hydrogen-bond acceptors (Lipinski definition) is 14. The van der Waals surface area contributed by atoms with Crippen molar-refractivity contribution in [2.24, 2.45) is 17.8 Å². The first-order chi connectivity index (χ1) is 25.5. The molecule has 2 bridgehead atoms. The van der Waals surface area contributed by atoms with Crippen LogP contribution in [-0.2, 0) is 38.0 Å². The van der Waals surface area contributed by atoms with Crippen LogP contribution in [0.1, 0.15) is 94.9 Å². The number of rotatable bonds is 8. The summed E-state index contributed by atoms with van der Waals surface area (Å²) in [7, 11) is 5.32. The first-order valence-corrected chi connectivity index (χ1v) is 20.4. The Morgan fingerprint density at radius 3 is 2.22 bits per heavy atom. The van der Waals surface area contributed by atoms with E-state index in [4.69, 9.17) is 33.2 Å². The fourth-order valence-corrected chi connectivity index (χ4v) is 9.67. The lowest BCUT2D eigenvalue weighted by Gasteiger charge is -2.50. The number of cyclic esters (lactones) is 1. The molecule has 4 fully saturated rings. The van der Waals surface area contributed by atoms with Crippen molar-refractivity contribution in [3.63, 3.8) is 0 Å². The molecule has 14 nitrogen and oxygen atoms in total. The Kier molecular flexibility index (Phi) is 15.5. The highest BCUT2D eigenvalue weighted by Gasteiger charge is 2.54. The molecule has 0 aromatic carbocycles. The molecule has 14 heteroatoms. The third kappa shape index (κ3) is 10.1. The zero-order valence-electron chi connectivity index (χ0n) is 35.7. The van der Waals surface area contributed by atoms with Crippen LogP contribution in [0.4, 0.5) is 0 Å². The molecule has 0 aliphatic carbocycles. The second-order valence-electron chi connectivity index (χ2n) is 18.1. The van der Waals surface area contributed by atoms with E-state index >= 15 is 0 Å². The maximum Gasteiger partial charge on any atom is 0.311 e. The van der Waals surface area contributed by atoms with Crippen LogP contribution < -0.4 is 0 Å². The van der Waals surface area contributed by atoms with Crippen LogP contribution in [0.15, 0.2) is 12.7 Å². The lowest BCUT2D eigenvalue weighted by atomic mass is 9.77. The van der Waals surface area contributed by atoms with Gasteiger partial charge in [0.05, 0.1) is 47.6 Å². The predicted octanol–water partition coefficient (Wildman–Crippen LogP) is 2.86. The maximum absolute atomic E-state index is 14.4. The van der Waals surface area contributed by atoms with Gasteiger partial charge in [-0.15, -0.1) is 6.58 Å². The average molecular weight is 787 g/mol. The van der Waals surface area contributed by atoms with Gasteiger partial charge >= 0.3 is 5.97 Å². The molecule has 0 aromatic heterocycles. The molecule has 3 unspecified atom stereocenters. The Morgan fingerprint density at radius 1 is 0.982 bits per heavy atom. The molecule has 4 aliphatic rings. The molecule has 4 aliphatic heterocycles. The van der Waals surface area contributed by atoms with Crippen molar-refractivity contribution in [1.29, 1.82) is 0 Å². The van der Waals surface area contributed by atoms with E-state index in [2.05, 4.69) is 18.4 Å². The van der Waals surface area contributed by atoms with Crippen LogP contribution in [0, 0.1) is 17.8 Å². The molecule has 0 amide bonds. The predicted molar refractivity (Wildman–Crippen MR) is 206 cm³/mol. The molecular formula is C41H74N2O12. The number of likely N-dealkylation sites (N-methyl/N-ethyl adjacent to an activating group) is 1. The summed E-state index contributed by atoms with van der Waals surface area (Å²) in [5, 5.41) is 47.5. The highest BCUT2D eigenvalue weighted by atomic mass is 16.7. The first kappa shape index (κ1) is 46.4. The molecule has 4 rings (SSSR count). The van der Waals surface area contributed by atoms with E-state index in [1.54, 1.807) is 40.7 Å². The molecule has 4 saturated heterocycles. The van der Waals surface area contributed by atoms with E-state index in [1.807, 2.05) is 46.7 Å². The van der Waals surface area contributed by atoms with Crippen LogP contribution in [0.2, 0.25) is 0 Å². The monoisotopic (exact) mass is 787 g/mol. The molecule has 0 saturated carbocycles. The molecule has 55 heavy (non-hydrogen) atoms. The van der Waals surface area contributed by atoms with E-state index in [-0.39, 0.29) is 43.1 Å². The summed E-state index contributed by atoms with van der Waals surface area (Å²) in [5.41, 5.74) is -4.13. The van der Waals surface area contributed by atoms with E-state index in [9.17, 15) is 25.2 Å². The smallest absolute Gasteiger partial charge is 0.311 e. The molecule has 4 heterocycles. The highest BCUT2D eigenvalue weighted by molar-refractivity contribution is 5.73. The van der Waals surface area contributed by atoms with Gasteiger partial charge in [0.1, 0.15) is 30.0 Å². The minimum atomic E-state index is -1.58. The molecule has 320 valence electrons. The molecule has 0 aromatic rings. The van der Waals surface area contributed by atoms with Crippen LogP contribution in [0.25, 0.3) is 0 Å². The quantitative estimate of drug-likeness (QED) is 0.209. The first-order valence-electron chi connectivity index (χ1n) is 20.4. The minimum absolute atomic E-state index is 0.0937. The number of hydrogen-bond donors (Lipinski definition) is 4. The second-order valence-corrected chi connectivity index (χ2v) is 18.1. The van der Waals surface area contributed by atoms with E-state index < -0.39 is 89.9 Å². The number of aliphatic hydroxyl groups is 4. The van der Waals surface area contributed by atoms with Gasteiger partial charge < -0.3 is 58.5 Å². The molecule has 0 radical (unpaired) electrons. The number of ether oxygens (including phenoxy) is 7. The van der Waals surface area contributed by atoms with Gasteiger partial charge in [0, 0.05) is 44.6 Å². The van der Waals surface area contributed by atoms with Gasteiger partial charge in [-0.05, 0) is 87.7 Å². The van der Waals surface area contributed by atoms with Gasteiger partial charge in [0.2, 0.25) is 0 Å². The topological polar surface area (TPSA) is 169 Å². The highest BCUT2D eigenvalue weighted by Crippen LogP contribution is 2.41. The van der Waals surface area contributed by atoms with Crippen LogP contribution in [-0.4, -0.2) is 167 Å². The second kappa shape index (κ2) is 18.3. The van der Waals surface area contributed by atoms with Crippen LogP contribution in [0.3, 0.4) is 0 Å². The Bertz CT molecular complexity index is 1270. The van der Waals surface area contributed by atoms with Crippen molar-refractivity contribution in [1.82, 2.24) is 9.80 Å². The molecular weight excluding hydrogens is 712 g/mol. The van der Waals surface area contributed by atoms with Gasteiger partial charge in [0.15, 0.2) is 12.6 Å². The fraction of sp³-hybridized carbons (Fsp3) is 0.927. The Balaban J connectivity index is 1.84. The van der Waals surface area contributed by atoms with E-state index in [1.165, 1.54) is 7.11 Å². The third-order valence-corrected chi connectivity index (χ3v) is 13.0. The zero-order valence-corrected chi connectivity index (χ0v) is 35.7. The Morgan fingerprint density at radius 2 is 1.64 bits per heavy atom. The summed E-state index contributed by atoms with van der Waals surface area (Å²) in [6.45, 7) is 23.4. The summed E-state index contributed by atoms with van der Waals surface area (Å²) in [6, 6.07) is -0.541. The van der Waals surface area contributed by atoms with Crippen molar-refractivity contribution in [2.75, 3.05) is 34.3 Å². The standard InChI is InChI=1S/C41H74N2O12/c1-15-28-21-43-20-22(3)18-39(9,47)35(55-38-32(44)29(42(12)13)17-23(4)50-38)24(5)33(54-31-19-40(10,49-14)34(45)27(8)51-31)25(6)37(46)53-30(16-2)41(11,48)36(52-28)26(43)7/h15,22-36,38,44-45,47-48H,1,16-21H2,2-14H3/t22-,23-,24+,25-,26-,27+,28?,29+,30-,31?,32-,33+,34+,35-,36-,38+,39-,40-,41-/m1/s1. The third-order valence-electron chi connectivity index (χ3n) is 13.0. The maximum atomic E-state index is 14.4. The number of fused-ring (bicyclic) bond motifs is 2. The lowest BCUT2D eigenvalue weighted by molar-refractivity contribution is -0.318. The SMILES string of the molecule is C=CC1CN2C[C@H](C)C[C@@](C)(O)[C@H](O[C@@H]3O[C@H](C)C[C@H](N(C)C)[C@H]3O)[C@@H](C)[C@H](OC3C[C@@](C)(OC)[C@@H](O)[C@H](C)O3)[C@@H](C)C(=O)O[C@H](CC)[C@@](C)(O)[C@H](O1)[C@H]2C. The number of esters is 1.